The van der Waals surface area contributed by atoms with E-state index in [0.29, 0.717) is 26.2 Å². The molecule has 1 aromatic carbocycles. The number of carbonyl (C=O) groups excluding carboxylic acids is 1. The second-order valence-electron chi connectivity index (χ2n) is 13.1. The third-order valence-corrected chi connectivity index (χ3v) is 8.32. The third kappa shape index (κ3) is 6.96. The van der Waals surface area contributed by atoms with Crippen molar-refractivity contribution in [1.29, 1.82) is 0 Å². The molecule has 3 atom stereocenters. The summed E-state index contributed by atoms with van der Waals surface area (Å²) in [5, 5.41) is 18.0. The third-order valence-electron chi connectivity index (χ3n) is 8.32. The van der Waals surface area contributed by atoms with Gasteiger partial charge in [0.2, 0.25) is 5.91 Å². The first-order chi connectivity index (χ1) is 19.1. The number of benzene rings is 1. The minimum absolute atomic E-state index is 0.0231. The minimum atomic E-state index is -0.748. The molecule has 40 heavy (non-hydrogen) atoms. The van der Waals surface area contributed by atoms with Crippen LogP contribution in [0.1, 0.15) is 76.2 Å². The summed E-state index contributed by atoms with van der Waals surface area (Å²) in [6.07, 6.45) is 4.76. The van der Waals surface area contributed by atoms with Crippen LogP contribution >= 0.6 is 0 Å². The maximum absolute atomic E-state index is 12.0. The Bertz CT molecular complexity index is 1160. The number of aliphatic hydroxyl groups is 1. The van der Waals surface area contributed by atoms with Crippen molar-refractivity contribution in [2.75, 3.05) is 37.7 Å². The predicted octanol–water partition coefficient (Wildman–Crippen LogP) is 3.95. The van der Waals surface area contributed by atoms with Crippen molar-refractivity contribution in [3.8, 4) is 5.75 Å². The molecule has 1 aromatic heterocycles. The van der Waals surface area contributed by atoms with E-state index >= 15 is 0 Å². The number of hydrogen-bond donors (Lipinski definition) is 3. The number of nitrogens with zero attached hydrogens (tertiary/aromatic N) is 2. The van der Waals surface area contributed by atoms with Crippen LogP contribution < -0.4 is 20.3 Å². The summed E-state index contributed by atoms with van der Waals surface area (Å²) in [7, 11) is 0. The van der Waals surface area contributed by atoms with Gasteiger partial charge in [0, 0.05) is 50.3 Å². The molecule has 3 aliphatic rings. The van der Waals surface area contributed by atoms with Crippen molar-refractivity contribution < 1.29 is 19.4 Å². The monoisotopic (exact) mass is 550 g/mol. The number of morpholine rings is 1. The lowest BCUT2D eigenvalue weighted by atomic mass is 9.72. The average Bonchev–Trinajstić information content (AvgIpc) is 2.90. The number of hydrogen-bond acceptors (Lipinski definition) is 7. The van der Waals surface area contributed by atoms with Gasteiger partial charge < -0.3 is 30.1 Å². The van der Waals surface area contributed by atoms with Crippen LogP contribution in [0, 0.1) is 5.41 Å². The lowest BCUT2D eigenvalue weighted by Gasteiger charge is -2.49. The fraction of sp³-hybridized carbons (Fsp3) is 0.625. The van der Waals surface area contributed by atoms with E-state index < -0.39 is 6.10 Å². The Hall–Kier alpha value is -2.68. The van der Waals surface area contributed by atoms with Crippen molar-refractivity contribution >= 4 is 11.7 Å². The first-order valence-electron chi connectivity index (χ1n) is 14.9. The molecule has 2 aromatic rings. The molecular weight excluding hydrogens is 504 g/mol. The first-order valence-corrected chi connectivity index (χ1v) is 14.9. The van der Waals surface area contributed by atoms with E-state index in [2.05, 4.69) is 42.4 Å². The number of amides is 1. The molecule has 8 heteroatoms. The lowest BCUT2D eigenvalue weighted by molar-refractivity contribution is -0.120. The molecule has 218 valence electrons. The Labute approximate surface area is 238 Å². The van der Waals surface area contributed by atoms with Crippen LogP contribution in [0.25, 0.3) is 0 Å². The van der Waals surface area contributed by atoms with Gasteiger partial charge in [-0.15, -0.1) is 0 Å². The number of anilines is 1. The topological polar surface area (TPSA) is 96.0 Å². The molecule has 0 radical (unpaired) electrons. The molecule has 3 heterocycles. The standard InChI is InChI=1S/C32H46N4O4/c1-22(37)34-26(17-23-9-6-5-7-10-23)28(38)21-33-27-20-32(11-8-12-32)40-29-25(27)18-24(19-31(2,3)4)35-30(29)36-13-15-39-16-14-36/h5-7,9-10,18,26-28,33,38H,8,11-17,19-21H2,1-4H3,(H,34,37)/t26-,27-,28+/m0/s1. The molecule has 2 aliphatic heterocycles. The van der Waals surface area contributed by atoms with Gasteiger partial charge >= 0.3 is 0 Å². The number of ether oxygens (including phenoxy) is 2. The summed E-state index contributed by atoms with van der Waals surface area (Å²) >= 11 is 0. The lowest BCUT2D eigenvalue weighted by Crippen LogP contribution is -2.52. The highest BCUT2D eigenvalue weighted by molar-refractivity contribution is 5.73. The second kappa shape index (κ2) is 12.0. The first kappa shape index (κ1) is 28.8. The van der Waals surface area contributed by atoms with Crippen molar-refractivity contribution in [3.63, 3.8) is 0 Å². The smallest absolute Gasteiger partial charge is 0.217 e. The normalized spacial score (nSPS) is 21.6. The number of aliphatic hydroxyl groups excluding tert-OH is 1. The highest BCUT2D eigenvalue weighted by Crippen LogP contribution is 2.52. The van der Waals surface area contributed by atoms with Gasteiger partial charge in [0.1, 0.15) is 5.60 Å². The number of nitrogens with one attached hydrogen (secondary N) is 2. The molecule has 0 unspecified atom stereocenters. The van der Waals surface area contributed by atoms with Gasteiger partial charge in [-0.1, -0.05) is 51.1 Å². The van der Waals surface area contributed by atoms with Crippen LogP contribution in [0.3, 0.4) is 0 Å². The van der Waals surface area contributed by atoms with Crippen LogP contribution in [-0.4, -0.2) is 66.6 Å². The average molecular weight is 551 g/mol. The summed E-state index contributed by atoms with van der Waals surface area (Å²) in [6, 6.07) is 11.9. The van der Waals surface area contributed by atoms with Crippen LogP contribution in [0.5, 0.6) is 5.75 Å². The molecule has 2 fully saturated rings. The number of fused-ring (bicyclic) bond motifs is 1. The molecule has 0 bridgehead atoms. The molecule has 1 spiro atoms. The van der Waals surface area contributed by atoms with Crippen LogP contribution in [0.2, 0.25) is 0 Å². The molecule has 1 saturated heterocycles. The van der Waals surface area contributed by atoms with E-state index in [4.69, 9.17) is 14.5 Å². The summed E-state index contributed by atoms with van der Waals surface area (Å²) in [5.41, 5.74) is 3.17. The zero-order valence-electron chi connectivity index (χ0n) is 24.5. The van der Waals surface area contributed by atoms with E-state index in [0.717, 1.165) is 73.6 Å². The highest BCUT2D eigenvalue weighted by atomic mass is 16.5. The van der Waals surface area contributed by atoms with Gasteiger partial charge in [-0.3, -0.25) is 4.79 Å². The van der Waals surface area contributed by atoms with Crippen LogP contribution in [0.15, 0.2) is 36.4 Å². The summed E-state index contributed by atoms with van der Waals surface area (Å²) in [6.45, 7) is 11.5. The number of carbonyl (C=O) groups is 1. The maximum atomic E-state index is 12.0. The zero-order valence-corrected chi connectivity index (χ0v) is 24.5. The van der Waals surface area contributed by atoms with E-state index in [1.165, 1.54) is 6.92 Å². The quantitative estimate of drug-likeness (QED) is 0.435. The molecule has 5 rings (SSSR count). The van der Waals surface area contributed by atoms with E-state index in [-0.39, 0.29) is 29.0 Å². The largest absolute Gasteiger partial charge is 0.483 e. The molecule has 8 nitrogen and oxygen atoms in total. The van der Waals surface area contributed by atoms with Gasteiger partial charge in [-0.05, 0) is 49.1 Å². The van der Waals surface area contributed by atoms with Gasteiger partial charge in [0.25, 0.3) is 0 Å². The molecular formula is C32H46N4O4. The Balaban J connectivity index is 1.42. The van der Waals surface area contributed by atoms with Crippen molar-refractivity contribution in [2.24, 2.45) is 5.41 Å². The Kier molecular flexibility index (Phi) is 8.69. The SMILES string of the molecule is CC(=O)N[C@@H](Cc1ccccc1)[C@H](O)CN[C@H]1CC2(CCC2)Oc2c1cc(CC(C)(C)C)nc2N1CCOCC1. The fourth-order valence-corrected chi connectivity index (χ4v) is 6.20. The van der Waals surface area contributed by atoms with Crippen molar-refractivity contribution in [3.05, 3.63) is 53.2 Å². The van der Waals surface area contributed by atoms with Gasteiger partial charge in [-0.2, -0.15) is 0 Å². The summed E-state index contributed by atoms with van der Waals surface area (Å²) < 4.78 is 12.5. The second-order valence-corrected chi connectivity index (χ2v) is 13.1. The van der Waals surface area contributed by atoms with E-state index in [1.807, 2.05) is 30.3 Å². The van der Waals surface area contributed by atoms with E-state index in [9.17, 15) is 9.90 Å². The van der Waals surface area contributed by atoms with Crippen molar-refractivity contribution in [2.45, 2.75) is 90.0 Å². The highest BCUT2D eigenvalue weighted by Gasteiger charge is 2.47. The predicted molar refractivity (Wildman–Crippen MR) is 157 cm³/mol. The van der Waals surface area contributed by atoms with Crippen molar-refractivity contribution in [1.82, 2.24) is 15.6 Å². The van der Waals surface area contributed by atoms with Crippen LogP contribution in [-0.2, 0) is 22.4 Å². The Morgan fingerprint density at radius 2 is 1.93 bits per heavy atom. The Morgan fingerprint density at radius 3 is 2.55 bits per heavy atom. The molecule has 1 aliphatic carbocycles. The molecule has 1 amide bonds. The van der Waals surface area contributed by atoms with Gasteiger partial charge in [0.15, 0.2) is 11.6 Å². The van der Waals surface area contributed by atoms with Gasteiger partial charge in [0.05, 0.1) is 25.4 Å². The minimum Gasteiger partial charge on any atom is -0.483 e. The molecule has 1 saturated carbocycles. The molecule has 3 N–H and O–H groups in total. The van der Waals surface area contributed by atoms with E-state index in [1.54, 1.807) is 0 Å². The zero-order chi connectivity index (χ0) is 28.3. The number of pyridine rings is 1. The van der Waals surface area contributed by atoms with Crippen LogP contribution in [0.4, 0.5) is 5.82 Å². The summed E-state index contributed by atoms with van der Waals surface area (Å²) in [5.74, 6) is 1.68. The van der Waals surface area contributed by atoms with Gasteiger partial charge in [-0.25, -0.2) is 4.98 Å². The number of rotatable bonds is 9. The fourth-order valence-electron chi connectivity index (χ4n) is 6.20. The maximum Gasteiger partial charge on any atom is 0.217 e. The Morgan fingerprint density at radius 1 is 1.20 bits per heavy atom. The summed E-state index contributed by atoms with van der Waals surface area (Å²) in [4.78, 5) is 19.5. The number of aromatic nitrogens is 1.